The molecule has 11 rings (SSSR count). The summed E-state index contributed by atoms with van der Waals surface area (Å²) in [4.78, 5) is 0. The SMILES string of the molecule is CC1(C)c2ccccc2-c2ccc(-c3cc(-c4ccc5c(c4)C(C)(C)c4ccccc4-5)cc(-c4cc5c6ccccc6ccc5c5ccccc45)c3)cc21. The Kier molecular flexibility index (Phi) is 6.46. The number of fused-ring (bicyclic) bond motifs is 11. The van der Waals surface area contributed by atoms with Crippen LogP contribution in [0, 0.1) is 0 Å². The molecule has 0 nitrogen and oxygen atoms in total. The van der Waals surface area contributed by atoms with E-state index in [0.29, 0.717) is 0 Å². The van der Waals surface area contributed by atoms with E-state index in [0.717, 1.165) is 0 Å². The van der Waals surface area contributed by atoms with Gasteiger partial charge in [0.2, 0.25) is 0 Å². The van der Waals surface area contributed by atoms with Crippen molar-refractivity contribution < 1.29 is 0 Å². The van der Waals surface area contributed by atoms with Gasteiger partial charge < -0.3 is 0 Å². The average molecular weight is 689 g/mol. The van der Waals surface area contributed by atoms with Crippen molar-refractivity contribution in [3.05, 3.63) is 192 Å². The van der Waals surface area contributed by atoms with Gasteiger partial charge in [0, 0.05) is 10.8 Å². The maximum absolute atomic E-state index is 2.46. The predicted octanol–water partition coefficient (Wildman–Crippen LogP) is 14.8. The van der Waals surface area contributed by atoms with Crippen LogP contribution < -0.4 is 0 Å². The third kappa shape index (κ3) is 4.37. The Labute approximate surface area is 317 Å². The van der Waals surface area contributed by atoms with Gasteiger partial charge in [0.15, 0.2) is 0 Å². The number of hydrogen-bond donors (Lipinski definition) is 0. The van der Waals surface area contributed by atoms with Crippen molar-refractivity contribution >= 4 is 32.3 Å². The van der Waals surface area contributed by atoms with Crippen molar-refractivity contribution in [3.63, 3.8) is 0 Å². The maximum atomic E-state index is 2.46. The second-order valence-electron chi connectivity index (χ2n) is 16.5. The van der Waals surface area contributed by atoms with E-state index in [1.807, 2.05) is 0 Å². The molecular formula is C54H40. The summed E-state index contributed by atoms with van der Waals surface area (Å²) in [6.45, 7) is 9.50. The van der Waals surface area contributed by atoms with Gasteiger partial charge >= 0.3 is 0 Å². The van der Waals surface area contributed by atoms with E-state index >= 15 is 0 Å². The predicted molar refractivity (Wildman–Crippen MR) is 230 cm³/mol. The fraction of sp³-hybridized carbons (Fsp3) is 0.111. The van der Waals surface area contributed by atoms with E-state index in [1.54, 1.807) is 0 Å². The molecule has 0 fully saturated rings. The molecule has 0 spiro atoms. The Morgan fingerprint density at radius 2 is 0.722 bits per heavy atom. The molecule has 0 heterocycles. The Bertz CT molecular complexity index is 2920. The lowest BCUT2D eigenvalue weighted by molar-refractivity contribution is 0.660. The van der Waals surface area contributed by atoms with Crippen LogP contribution in [0.15, 0.2) is 170 Å². The molecule has 0 atom stereocenters. The zero-order valence-corrected chi connectivity index (χ0v) is 31.2. The summed E-state index contributed by atoms with van der Waals surface area (Å²) >= 11 is 0. The Balaban J connectivity index is 1.17. The molecule has 0 aliphatic heterocycles. The van der Waals surface area contributed by atoms with Crippen LogP contribution in [0.2, 0.25) is 0 Å². The highest BCUT2D eigenvalue weighted by Gasteiger charge is 2.36. The molecule has 0 unspecified atom stereocenters. The molecule has 2 aliphatic rings. The van der Waals surface area contributed by atoms with Gasteiger partial charge in [-0.05, 0) is 147 Å². The quantitative estimate of drug-likeness (QED) is 0.162. The lowest BCUT2D eigenvalue weighted by Gasteiger charge is -2.23. The van der Waals surface area contributed by atoms with Gasteiger partial charge in [0.25, 0.3) is 0 Å². The molecule has 9 aromatic carbocycles. The first kappa shape index (κ1) is 31.3. The van der Waals surface area contributed by atoms with Crippen LogP contribution >= 0.6 is 0 Å². The van der Waals surface area contributed by atoms with Crippen LogP contribution in [0.5, 0.6) is 0 Å². The Morgan fingerprint density at radius 1 is 0.259 bits per heavy atom. The van der Waals surface area contributed by atoms with Crippen molar-refractivity contribution in [2.75, 3.05) is 0 Å². The van der Waals surface area contributed by atoms with Gasteiger partial charge in [0.1, 0.15) is 0 Å². The summed E-state index contributed by atoms with van der Waals surface area (Å²) in [5.41, 5.74) is 18.4. The standard InChI is InChI=1S/C54H40/c1-53(2)49-19-11-9-17-43(49)45-25-22-34(30-51(45)53)36-27-37(35-23-26-46-44-18-10-12-20-50(44)54(3,4)52(46)31-35)29-38(28-36)47-32-48-39-14-6-5-13-33(39)21-24-42(48)40-15-7-8-16-41(40)47/h5-32H,1-4H3. The molecule has 0 N–H and O–H groups in total. The summed E-state index contributed by atoms with van der Waals surface area (Å²) in [5.74, 6) is 0. The molecule has 0 heteroatoms. The number of rotatable bonds is 3. The molecule has 0 aromatic heterocycles. The number of hydrogen-bond acceptors (Lipinski definition) is 0. The van der Waals surface area contributed by atoms with Crippen LogP contribution in [-0.2, 0) is 10.8 Å². The van der Waals surface area contributed by atoms with E-state index in [9.17, 15) is 0 Å². The van der Waals surface area contributed by atoms with Crippen LogP contribution in [0.1, 0.15) is 49.9 Å². The van der Waals surface area contributed by atoms with E-state index in [4.69, 9.17) is 0 Å². The van der Waals surface area contributed by atoms with Crippen molar-refractivity contribution in [3.8, 4) is 55.6 Å². The van der Waals surface area contributed by atoms with Crippen molar-refractivity contribution in [1.82, 2.24) is 0 Å². The molecule has 9 aromatic rings. The summed E-state index contributed by atoms with van der Waals surface area (Å²) in [6.07, 6.45) is 0. The van der Waals surface area contributed by atoms with Gasteiger partial charge in [-0.1, -0.05) is 161 Å². The van der Waals surface area contributed by atoms with Gasteiger partial charge in [-0.25, -0.2) is 0 Å². The third-order valence-electron chi connectivity index (χ3n) is 12.8. The lowest BCUT2D eigenvalue weighted by atomic mass is 9.80. The largest absolute Gasteiger partial charge is 0.0619 e. The fourth-order valence-corrected chi connectivity index (χ4v) is 9.98. The third-order valence-corrected chi connectivity index (χ3v) is 12.8. The maximum Gasteiger partial charge on any atom is 0.0159 e. The topological polar surface area (TPSA) is 0 Å². The smallest absolute Gasteiger partial charge is 0.0159 e. The van der Waals surface area contributed by atoms with Gasteiger partial charge in [-0.3, -0.25) is 0 Å². The molecular weight excluding hydrogens is 649 g/mol. The second kappa shape index (κ2) is 11.1. The average Bonchev–Trinajstić information content (AvgIpc) is 3.59. The molecule has 0 saturated heterocycles. The Hall–Kier alpha value is -6.24. The molecule has 0 bridgehead atoms. The highest BCUT2D eigenvalue weighted by atomic mass is 14.4. The van der Waals surface area contributed by atoms with Crippen LogP contribution in [-0.4, -0.2) is 0 Å². The molecule has 0 saturated carbocycles. The highest BCUT2D eigenvalue weighted by Crippen LogP contribution is 2.52. The molecule has 54 heavy (non-hydrogen) atoms. The normalized spacial score (nSPS) is 14.6. The minimum atomic E-state index is -0.0709. The van der Waals surface area contributed by atoms with Crippen molar-refractivity contribution in [1.29, 1.82) is 0 Å². The van der Waals surface area contributed by atoms with E-state index in [2.05, 4.69) is 198 Å². The van der Waals surface area contributed by atoms with Crippen molar-refractivity contribution in [2.24, 2.45) is 0 Å². The molecule has 2 aliphatic carbocycles. The van der Waals surface area contributed by atoms with Crippen LogP contribution in [0.25, 0.3) is 88.0 Å². The van der Waals surface area contributed by atoms with Gasteiger partial charge in [-0.2, -0.15) is 0 Å². The van der Waals surface area contributed by atoms with Gasteiger partial charge in [-0.15, -0.1) is 0 Å². The van der Waals surface area contributed by atoms with E-state index in [1.165, 1.54) is 110 Å². The second-order valence-corrected chi connectivity index (χ2v) is 16.5. The number of benzene rings is 9. The van der Waals surface area contributed by atoms with Crippen molar-refractivity contribution in [2.45, 2.75) is 38.5 Å². The molecule has 256 valence electrons. The van der Waals surface area contributed by atoms with E-state index in [-0.39, 0.29) is 10.8 Å². The highest BCUT2D eigenvalue weighted by molar-refractivity contribution is 6.21. The lowest BCUT2D eigenvalue weighted by Crippen LogP contribution is -2.15. The summed E-state index contributed by atoms with van der Waals surface area (Å²) < 4.78 is 0. The summed E-state index contributed by atoms with van der Waals surface area (Å²) in [6, 6.07) is 64.3. The first-order valence-corrected chi connectivity index (χ1v) is 19.3. The summed E-state index contributed by atoms with van der Waals surface area (Å²) in [5, 5.41) is 7.72. The van der Waals surface area contributed by atoms with Crippen LogP contribution in [0.4, 0.5) is 0 Å². The minimum Gasteiger partial charge on any atom is -0.0619 e. The molecule has 0 radical (unpaired) electrons. The monoisotopic (exact) mass is 688 g/mol. The summed E-state index contributed by atoms with van der Waals surface area (Å²) in [7, 11) is 0. The Morgan fingerprint density at radius 3 is 1.33 bits per heavy atom. The minimum absolute atomic E-state index is 0.0709. The zero-order chi connectivity index (χ0) is 36.3. The van der Waals surface area contributed by atoms with Gasteiger partial charge in [0.05, 0.1) is 0 Å². The zero-order valence-electron chi connectivity index (χ0n) is 31.2. The molecule has 0 amide bonds. The fourth-order valence-electron chi connectivity index (χ4n) is 9.98. The first-order valence-electron chi connectivity index (χ1n) is 19.3. The first-order chi connectivity index (χ1) is 26.3. The van der Waals surface area contributed by atoms with Crippen LogP contribution in [0.3, 0.4) is 0 Å². The van der Waals surface area contributed by atoms with E-state index < -0.39 is 0 Å².